The van der Waals surface area contributed by atoms with E-state index in [0.29, 0.717) is 18.3 Å². The van der Waals surface area contributed by atoms with Crippen LogP contribution in [0.15, 0.2) is 53.9 Å². The fourth-order valence-corrected chi connectivity index (χ4v) is 6.94. The van der Waals surface area contributed by atoms with Gasteiger partial charge in [-0.15, -0.1) is 0 Å². The smallest absolute Gasteiger partial charge is 0.305 e. The van der Waals surface area contributed by atoms with Crippen molar-refractivity contribution in [3.05, 3.63) is 59.5 Å². The molecule has 0 saturated heterocycles. The van der Waals surface area contributed by atoms with Gasteiger partial charge >= 0.3 is 5.97 Å². The average Bonchev–Trinajstić information content (AvgIpc) is 3.11. The van der Waals surface area contributed by atoms with Crippen molar-refractivity contribution < 1.29 is 9.53 Å². The number of carbonyl (C=O) groups is 1. The van der Waals surface area contributed by atoms with Crippen LogP contribution in [0, 0.1) is 22.7 Å². The van der Waals surface area contributed by atoms with E-state index in [1.165, 1.54) is 24.0 Å². The molecule has 0 radical (unpaired) electrons. The summed E-state index contributed by atoms with van der Waals surface area (Å²) in [7, 11) is 0. The summed E-state index contributed by atoms with van der Waals surface area (Å²) in [6.07, 6.45) is 18.4. The first kappa shape index (κ1) is 19.8. The Labute approximate surface area is 180 Å². The van der Waals surface area contributed by atoms with E-state index in [4.69, 9.17) is 4.74 Å². The van der Waals surface area contributed by atoms with Crippen LogP contribution in [-0.2, 0) is 9.53 Å². The van der Waals surface area contributed by atoms with E-state index in [2.05, 4.69) is 43.1 Å². The number of pyridine rings is 1. The first-order chi connectivity index (χ1) is 14.5. The van der Waals surface area contributed by atoms with Crippen LogP contribution in [0.25, 0.3) is 5.57 Å². The van der Waals surface area contributed by atoms with Crippen molar-refractivity contribution in [2.45, 2.75) is 71.8 Å². The van der Waals surface area contributed by atoms with Crippen LogP contribution in [0.5, 0.6) is 0 Å². The summed E-state index contributed by atoms with van der Waals surface area (Å²) in [6.45, 7) is 6.81. The molecule has 0 N–H and O–H groups in total. The van der Waals surface area contributed by atoms with E-state index < -0.39 is 0 Å². The van der Waals surface area contributed by atoms with E-state index >= 15 is 0 Å². The molecule has 1 heterocycles. The van der Waals surface area contributed by atoms with Crippen LogP contribution in [0.4, 0.5) is 0 Å². The number of ether oxygens (including phenoxy) is 1. The van der Waals surface area contributed by atoms with Crippen molar-refractivity contribution in [1.82, 2.24) is 4.98 Å². The first-order valence-corrected chi connectivity index (χ1v) is 11.7. The Morgan fingerprint density at radius 1 is 1.23 bits per heavy atom. The molecule has 5 rings (SSSR count). The highest BCUT2D eigenvalue weighted by Gasteiger charge is 2.54. The minimum atomic E-state index is -0.0589. The second-order valence-corrected chi connectivity index (χ2v) is 10.1. The molecule has 0 amide bonds. The van der Waals surface area contributed by atoms with Crippen molar-refractivity contribution in [2.75, 3.05) is 0 Å². The maximum atomic E-state index is 11.8. The summed E-state index contributed by atoms with van der Waals surface area (Å²) in [5, 5.41) is 0. The van der Waals surface area contributed by atoms with Gasteiger partial charge in [0, 0.05) is 30.7 Å². The zero-order chi connectivity index (χ0) is 20.9. The van der Waals surface area contributed by atoms with Crippen LogP contribution in [0.1, 0.15) is 71.3 Å². The lowest BCUT2D eigenvalue weighted by Crippen LogP contribution is -2.47. The van der Waals surface area contributed by atoms with Gasteiger partial charge in [0.1, 0.15) is 6.10 Å². The number of hydrogen-bond donors (Lipinski definition) is 0. The second kappa shape index (κ2) is 7.21. The maximum Gasteiger partial charge on any atom is 0.305 e. The molecule has 4 aliphatic carbocycles. The molecule has 5 atom stereocenters. The van der Waals surface area contributed by atoms with Crippen molar-refractivity contribution in [3.63, 3.8) is 0 Å². The zero-order valence-corrected chi connectivity index (χ0v) is 18.5. The third kappa shape index (κ3) is 2.92. The molecule has 0 aliphatic heterocycles. The summed E-state index contributed by atoms with van der Waals surface area (Å²) in [5.41, 5.74) is 6.28. The van der Waals surface area contributed by atoms with E-state index in [-0.39, 0.29) is 22.9 Å². The van der Waals surface area contributed by atoms with Crippen LogP contribution < -0.4 is 0 Å². The fourth-order valence-electron chi connectivity index (χ4n) is 6.94. The minimum Gasteiger partial charge on any atom is -0.462 e. The van der Waals surface area contributed by atoms with Gasteiger partial charge in [-0.25, -0.2) is 0 Å². The van der Waals surface area contributed by atoms with Crippen LogP contribution >= 0.6 is 0 Å². The normalized spacial score (nSPS) is 37.2. The van der Waals surface area contributed by atoms with Gasteiger partial charge in [-0.2, -0.15) is 0 Å². The Morgan fingerprint density at radius 3 is 2.87 bits per heavy atom. The highest BCUT2D eigenvalue weighted by molar-refractivity contribution is 5.78. The molecule has 4 aliphatic rings. The van der Waals surface area contributed by atoms with E-state index in [0.717, 1.165) is 25.7 Å². The lowest BCUT2D eigenvalue weighted by Gasteiger charge is -2.56. The number of hydrogen-bond acceptors (Lipinski definition) is 3. The Hall–Kier alpha value is -2.16. The predicted molar refractivity (Wildman–Crippen MR) is 119 cm³/mol. The van der Waals surface area contributed by atoms with Gasteiger partial charge in [0.05, 0.1) is 0 Å². The van der Waals surface area contributed by atoms with Gasteiger partial charge in [-0.1, -0.05) is 56.2 Å². The summed E-state index contributed by atoms with van der Waals surface area (Å²) < 4.78 is 5.71. The lowest BCUT2D eigenvalue weighted by molar-refractivity contribution is -0.150. The third-order valence-corrected chi connectivity index (χ3v) is 8.66. The molecular formula is C27H33NO2. The molecule has 2 fully saturated rings. The van der Waals surface area contributed by atoms with E-state index in [1.54, 1.807) is 11.1 Å². The van der Waals surface area contributed by atoms with Gasteiger partial charge in [-0.3, -0.25) is 9.78 Å². The molecule has 3 nitrogen and oxygen atoms in total. The third-order valence-electron chi connectivity index (χ3n) is 8.66. The Bertz CT molecular complexity index is 943. The van der Waals surface area contributed by atoms with Crippen molar-refractivity contribution >= 4 is 11.5 Å². The Kier molecular flexibility index (Phi) is 4.76. The quantitative estimate of drug-likeness (QED) is 0.440. The summed E-state index contributed by atoms with van der Waals surface area (Å²) >= 11 is 0. The molecule has 1 aromatic heterocycles. The number of fused-ring (bicyclic) bond motifs is 5. The van der Waals surface area contributed by atoms with Crippen LogP contribution in [0.2, 0.25) is 0 Å². The second-order valence-electron chi connectivity index (χ2n) is 10.1. The topological polar surface area (TPSA) is 39.2 Å². The number of esters is 1. The van der Waals surface area contributed by atoms with Gasteiger partial charge in [0.2, 0.25) is 0 Å². The van der Waals surface area contributed by atoms with Crippen LogP contribution in [-0.4, -0.2) is 17.1 Å². The molecule has 0 spiro atoms. The van der Waals surface area contributed by atoms with Crippen molar-refractivity contribution in [3.8, 4) is 0 Å². The molecule has 1 aromatic rings. The Morgan fingerprint density at radius 2 is 2.10 bits per heavy atom. The standard InChI is InChI=1S/C27H33NO2/c1-4-25(29)30-20-11-13-26(2)19(16-20)7-8-21-23-10-9-22(18-6-5-15-28-17-18)27(23,3)14-12-24(21)26/h5-7,9-10,15,17,20-21,24H,4,8,11-14,16H2,1-3H3. The summed E-state index contributed by atoms with van der Waals surface area (Å²) in [5.74, 6) is 1.26. The molecule has 30 heavy (non-hydrogen) atoms. The number of nitrogens with zero attached hydrogens (tertiary/aromatic N) is 1. The largest absolute Gasteiger partial charge is 0.462 e. The number of carbonyl (C=O) groups excluding carboxylic acids is 1. The van der Waals surface area contributed by atoms with Crippen molar-refractivity contribution in [2.24, 2.45) is 22.7 Å². The summed E-state index contributed by atoms with van der Waals surface area (Å²) in [4.78, 5) is 16.2. The molecule has 2 saturated carbocycles. The average molecular weight is 404 g/mol. The highest BCUT2D eigenvalue weighted by atomic mass is 16.5. The van der Waals surface area contributed by atoms with Gasteiger partial charge in [0.25, 0.3) is 0 Å². The first-order valence-electron chi connectivity index (χ1n) is 11.7. The monoisotopic (exact) mass is 403 g/mol. The van der Waals surface area contributed by atoms with Gasteiger partial charge in [-0.05, 0) is 66.6 Å². The minimum absolute atomic E-state index is 0.0589. The summed E-state index contributed by atoms with van der Waals surface area (Å²) in [6, 6.07) is 4.25. The molecule has 3 heteroatoms. The van der Waals surface area contributed by atoms with Gasteiger partial charge in [0.15, 0.2) is 0 Å². The van der Waals surface area contributed by atoms with E-state index in [9.17, 15) is 4.79 Å². The number of aromatic nitrogens is 1. The molecular weight excluding hydrogens is 370 g/mol. The van der Waals surface area contributed by atoms with Crippen molar-refractivity contribution in [1.29, 1.82) is 0 Å². The molecule has 158 valence electrons. The van der Waals surface area contributed by atoms with Crippen LogP contribution in [0.3, 0.4) is 0 Å². The zero-order valence-electron chi connectivity index (χ0n) is 18.5. The fraction of sp³-hybridized carbons (Fsp3) is 0.556. The maximum absolute atomic E-state index is 11.8. The SMILES string of the molecule is CCC(=O)OC1CCC2(C)C(=CCC3C4=CC=C(c5cccnc5)C4(C)CCC32)C1. The van der Waals surface area contributed by atoms with E-state index in [1.807, 2.05) is 25.4 Å². The molecule has 0 bridgehead atoms. The highest BCUT2D eigenvalue weighted by Crippen LogP contribution is 2.64. The molecule has 5 unspecified atom stereocenters. The van der Waals surface area contributed by atoms with Gasteiger partial charge < -0.3 is 4.74 Å². The number of rotatable bonds is 3. The predicted octanol–water partition coefficient (Wildman–Crippen LogP) is 6.28. The lowest BCUT2D eigenvalue weighted by atomic mass is 9.49. The molecule has 0 aromatic carbocycles. The Balaban J connectivity index is 1.40. The number of allylic oxidation sites excluding steroid dienone is 5.